The van der Waals surface area contributed by atoms with Gasteiger partial charge in [-0.05, 0) is 31.4 Å². The molecule has 0 amide bonds. The van der Waals surface area contributed by atoms with Crippen LogP contribution < -0.4 is 5.32 Å². The van der Waals surface area contributed by atoms with Gasteiger partial charge in [-0.25, -0.2) is 18.7 Å². The molecule has 0 radical (unpaired) electrons. The van der Waals surface area contributed by atoms with Crippen LogP contribution in [0.4, 0.5) is 14.6 Å². The zero-order valence-electron chi connectivity index (χ0n) is 15.6. The predicted molar refractivity (Wildman–Crippen MR) is 109 cm³/mol. The maximum atomic E-state index is 14.7. The maximum absolute atomic E-state index is 14.7. The number of nitrogens with zero attached hydrogens (tertiary/aromatic N) is 3. The molecule has 1 aliphatic rings. The van der Waals surface area contributed by atoms with E-state index in [1.54, 1.807) is 17.0 Å². The van der Waals surface area contributed by atoms with Crippen molar-refractivity contribution in [3.63, 3.8) is 0 Å². The highest BCUT2D eigenvalue weighted by molar-refractivity contribution is 5.86. The maximum Gasteiger partial charge on any atom is 0.189 e. The summed E-state index contributed by atoms with van der Waals surface area (Å²) >= 11 is 0. The zero-order chi connectivity index (χ0) is 18.8. The molecule has 4 rings (SSSR count). The van der Waals surface area contributed by atoms with Gasteiger partial charge in [0.05, 0.1) is 5.39 Å². The van der Waals surface area contributed by atoms with E-state index < -0.39 is 12.5 Å². The van der Waals surface area contributed by atoms with Crippen molar-refractivity contribution in [2.24, 2.45) is 0 Å². The van der Waals surface area contributed by atoms with Crippen molar-refractivity contribution in [2.45, 2.75) is 38.3 Å². The largest absolute Gasteiger partial charge is 0.367 e. The molecule has 28 heavy (non-hydrogen) atoms. The SMILES string of the molecule is Cc1ccc(C(F)C(F)N2CCC(Nc3ncnc4[nH]ccc34)CC2)cc1.Cl. The van der Waals surface area contributed by atoms with E-state index in [-0.39, 0.29) is 18.4 Å². The summed E-state index contributed by atoms with van der Waals surface area (Å²) in [5.74, 6) is 0.777. The van der Waals surface area contributed by atoms with Crippen LogP contribution in [0.2, 0.25) is 0 Å². The minimum absolute atomic E-state index is 0. The average Bonchev–Trinajstić information content (AvgIpc) is 3.18. The highest BCUT2D eigenvalue weighted by Gasteiger charge is 2.32. The Morgan fingerprint density at radius 2 is 1.82 bits per heavy atom. The first-order chi connectivity index (χ1) is 13.1. The molecule has 0 aliphatic carbocycles. The fourth-order valence-electron chi connectivity index (χ4n) is 3.57. The number of nitrogens with one attached hydrogen (secondary N) is 2. The third-order valence-electron chi connectivity index (χ3n) is 5.21. The van der Waals surface area contributed by atoms with Gasteiger partial charge in [0.15, 0.2) is 12.5 Å². The number of piperidine rings is 1. The molecule has 1 fully saturated rings. The van der Waals surface area contributed by atoms with Crippen molar-refractivity contribution in [2.75, 3.05) is 18.4 Å². The Morgan fingerprint density at radius 3 is 2.54 bits per heavy atom. The van der Waals surface area contributed by atoms with Crippen LogP contribution in [0, 0.1) is 6.92 Å². The first kappa shape index (κ1) is 20.5. The fourth-order valence-corrected chi connectivity index (χ4v) is 3.57. The summed E-state index contributed by atoms with van der Waals surface area (Å²) in [5.41, 5.74) is 2.21. The molecular formula is C20H24ClF2N5. The number of anilines is 1. The lowest BCUT2D eigenvalue weighted by atomic mass is 10.0. The number of aromatic amines is 1. The number of aromatic nitrogens is 3. The van der Waals surface area contributed by atoms with Crippen molar-refractivity contribution in [1.82, 2.24) is 19.9 Å². The molecule has 0 saturated carbocycles. The molecule has 1 aromatic carbocycles. The van der Waals surface area contributed by atoms with Crippen LogP contribution in [0.25, 0.3) is 11.0 Å². The number of alkyl halides is 2. The van der Waals surface area contributed by atoms with Gasteiger partial charge >= 0.3 is 0 Å². The van der Waals surface area contributed by atoms with Crippen LogP contribution in [-0.4, -0.2) is 45.3 Å². The molecule has 2 atom stereocenters. The third-order valence-corrected chi connectivity index (χ3v) is 5.21. The second kappa shape index (κ2) is 8.84. The van der Waals surface area contributed by atoms with Crippen molar-refractivity contribution in [1.29, 1.82) is 0 Å². The van der Waals surface area contributed by atoms with E-state index in [2.05, 4.69) is 20.3 Å². The van der Waals surface area contributed by atoms with Crippen molar-refractivity contribution >= 4 is 29.3 Å². The summed E-state index contributed by atoms with van der Waals surface area (Å²) in [6.07, 6.45) is 1.56. The fraction of sp³-hybridized carbons (Fsp3) is 0.400. The molecule has 3 aromatic rings. The van der Waals surface area contributed by atoms with Gasteiger partial charge in [0.2, 0.25) is 0 Å². The van der Waals surface area contributed by atoms with Gasteiger partial charge in [-0.2, -0.15) is 0 Å². The van der Waals surface area contributed by atoms with Gasteiger partial charge in [-0.15, -0.1) is 12.4 Å². The van der Waals surface area contributed by atoms with Crippen LogP contribution in [0.15, 0.2) is 42.9 Å². The van der Waals surface area contributed by atoms with Crippen molar-refractivity contribution < 1.29 is 8.78 Å². The summed E-state index contributed by atoms with van der Waals surface area (Å²) in [5, 5.41) is 4.36. The molecule has 2 aromatic heterocycles. The molecule has 0 spiro atoms. The van der Waals surface area contributed by atoms with Crippen LogP contribution in [0.5, 0.6) is 0 Å². The summed E-state index contributed by atoms with van der Waals surface area (Å²) < 4.78 is 29.3. The van der Waals surface area contributed by atoms with Crippen LogP contribution >= 0.6 is 12.4 Å². The average molecular weight is 408 g/mol. The first-order valence-electron chi connectivity index (χ1n) is 9.25. The van der Waals surface area contributed by atoms with Crippen LogP contribution in [0.3, 0.4) is 0 Å². The number of halogens is 3. The van der Waals surface area contributed by atoms with E-state index in [9.17, 15) is 8.78 Å². The lowest BCUT2D eigenvalue weighted by Crippen LogP contribution is -2.44. The Morgan fingerprint density at radius 1 is 1.11 bits per heavy atom. The zero-order valence-corrected chi connectivity index (χ0v) is 16.4. The van der Waals surface area contributed by atoms with Gasteiger partial charge in [0.1, 0.15) is 17.8 Å². The number of rotatable bonds is 5. The summed E-state index contributed by atoms with van der Waals surface area (Å²) in [7, 11) is 0. The minimum atomic E-state index is -1.63. The molecule has 150 valence electrons. The predicted octanol–water partition coefficient (Wildman–Crippen LogP) is 4.57. The second-order valence-electron chi connectivity index (χ2n) is 7.10. The van der Waals surface area contributed by atoms with Gasteiger partial charge in [0, 0.05) is 25.3 Å². The van der Waals surface area contributed by atoms with E-state index in [4.69, 9.17) is 0 Å². The summed E-state index contributed by atoms with van der Waals surface area (Å²) in [6, 6.07) is 9.07. The molecule has 8 heteroatoms. The van der Waals surface area contributed by atoms with E-state index in [0.717, 1.165) is 35.3 Å². The molecule has 1 aliphatic heterocycles. The van der Waals surface area contributed by atoms with Crippen molar-refractivity contribution in [3.8, 4) is 0 Å². The summed E-state index contributed by atoms with van der Waals surface area (Å²) in [6.45, 7) is 2.94. The van der Waals surface area contributed by atoms with Crippen LogP contribution in [0.1, 0.15) is 30.1 Å². The van der Waals surface area contributed by atoms with E-state index in [1.165, 1.54) is 6.33 Å². The normalized spacial score (nSPS) is 17.8. The van der Waals surface area contributed by atoms with E-state index in [0.29, 0.717) is 18.7 Å². The van der Waals surface area contributed by atoms with Crippen molar-refractivity contribution in [3.05, 3.63) is 54.0 Å². The molecular weight excluding hydrogens is 384 g/mol. The summed E-state index contributed by atoms with van der Waals surface area (Å²) in [4.78, 5) is 13.1. The van der Waals surface area contributed by atoms with E-state index in [1.807, 2.05) is 31.3 Å². The minimum Gasteiger partial charge on any atom is -0.367 e. The number of likely N-dealkylation sites (tertiary alicyclic amines) is 1. The number of benzene rings is 1. The Balaban J connectivity index is 0.00000225. The monoisotopic (exact) mass is 407 g/mol. The quantitative estimate of drug-likeness (QED) is 0.608. The van der Waals surface area contributed by atoms with E-state index >= 15 is 0 Å². The van der Waals surface area contributed by atoms with Gasteiger partial charge < -0.3 is 10.3 Å². The van der Waals surface area contributed by atoms with Gasteiger partial charge in [0.25, 0.3) is 0 Å². The number of fused-ring (bicyclic) bond motifs is 1. The Labute approximate surface area is 169 Å². The molecule has 3 heterocycles. The Hall–Kier alpha value is -2.25. The molecule has 2 unspecified atom stereocenters. The third kappa shape index (κ3) is 4.25. The number of hydrogen-bond acceptors (Lipinski definition) is 4. The molecule has 5 nitrogen and oxygen atoms in total. The Kier molecular flexibility index (Phi) is 6.46. The van der Waals surface area contributed by atoms with Crippen LogP contribution in [-0.2, 0) is 0 Å². The molecule has 0 bridgehead atoms. The number of aryl methyl sites for hydroxylation is 1. The Bertz CT molecular complexity index is 893. The number of H-pyrrole nitrogens is 1. The first-order valence-corrected chi connectivity index (χ1v) is 9.25. The lowest BCUT2D eigenvalue weighted by Gasteiger charge is -2.35. The highest BCUT2D eigenvalue weighted by Crippen LogP contribution is 2.29. The molecule has 2 N–H and O–H groups in total. The standard InChI is InChI=1S/C20H23F2N5.ClH/c1-13-2-4-14(5-3-13)17(21)18(22)27-10-7-15(8-11-27)26-20-16-6-9-23-19(16)24-12-25-20;/h2-6,9,12,15,17-18H,7-8,10-11H2,1H3,(H2,23,24,25,26);1H. The smallest absolute Gasteiger partial charge is 0.189 e. The second-order valence-corrected chi connectivity index (χ2v) is 7.10. The van der Waals surface area contributed by atoms with Gasteiger partial charge in [-0.1, -0.05) is 29.8 Å². The van der Waals surface area contributed by atoms with Gasteiger partial charge in [-0.3, -0.25) is 4.90 Å². The number of hydrogen-bond donors (Lipinski definition) is 2. The topological polar surface area (TPSA) is 56.8 Å². The lowest BCUT2D eigenvalue weighted by molar-refractivity contribution is -0.00100. The highest BCUT2D eigenvalue weighted by atomic mass is 35.5. The molecule has 1 saturated heterocycles.